The zero-order valence-corrected chi connectivity index (χ0v) is 20.9. The largest absolute Gasteiger partial charge is 0.462 e. The van der Waals surface area contributed by atoms with Gasteiger partial charge in [-0.05, 0) is 54.8 Å². The van der Waals surface area contributed by atoms with Crippen LogP contribution in [0.3, 0.4) is 0 Å². The van der Waals surface area contributed by atoms with Gasteiger partial charge in [-0.25, -0.2) is 9.18 Å². The molecule has 4 aromatic rings. The third-order valence-electron chi connectivity index (χ3n) is 5.41. The smallest absolute Gasteiger partial charge is 0.348 e. The van der Waals surface area contributed by atoms with Gasteiger partial charge in [0.25, 0.3) is 0 Å². The summed E-state index contributed by atoms with van der Waals surface area (Å²) in [5.41, 5.74) is 3.67. The number of benzene rings is 2. The number of esters is 1. The van der Waals surface area contributed by atoms with E-state index in [4.69, 9.17) is 9.47 Å². The van der Waals surface area contributed by atoms with Gasteiger partial charge < -0.3 is 9.47 Å². The lowest BCUT2D eigenvalue weighted by molar-refractivity contribution is -0.117. The molecule has 0 atom stereocenters. The van der Waals surface area contributed by atoms with Crippen molar-refractivity contribution in [2.75, 3.05) is 6.61 Å². The van der Waals surface area contributed by atoms with Crippen LogP contribution >= 0.6 is 11.3 Å². The molecular weight excluding hydrogens is 477 g/mol. The van der Waals surface area contributed by atoms with Gasteiger partial charge in [-0.3, -0.25) is 9.78 Å². The Kier molecular flexibility index (Phi) is 8.23. The summed E-state index contributed by atoms with van der Waals surface area (Å²) in [6.07, 6.45) is 2.70. The summed E-state index contributed by atoms with van der Waals surface area (Å²) in [5.74, 6) is 0.468. The first-order valence-corrected chi connectivity index (χ1v) is 12.5. The van der Waals surface area contributed by atoms with Crippen molar-refractivity contribution in [2.24, 2.45) is 0 Å². The van der Waals surface area contributed by atoms with E-state index in [-0.39, 0.29) is 30.4 Å². The SMILES string of the molecule is CCCOC(=O)c1cc(-c2cc(Oc3ccc(CC(=O)Cc4cc(C)ccc4F)cc3)ccn2)cs1. The van der Waals surface area contributed by atoms with E-state index >= 15 is 0 Å². The molecule has 0 amide bonds. The Morgan fingerprint density at radius 2 is 1.78 bits per heavy atom. The number of ether oxygens (including phenoxy) is 2. The molecule has 0 aliphatic rings. The van der Waals surface area contributed by atoms with Crippen molar-refractivity contribution in [3.63, 3.8) is 0 Å². The molecule has 0 aliphatic carbocycles. The summed E-state index contributed by atoms with van der Waals surface area (Å²) in [6, 6.07) is 17.4. The molecule has 5 nitrogen and oxygen atoms in total. The Balaban J connectivity index is 1.37. The minimum absolute atomic E-state index is 0.0550. The summed E-state index contributed by atoms with van der Waals surface area (Å²) in [6.45, 7) is 4.22. The van der Waals surface area contributed by atoms with Crippen molar-refractivity contribution in [2.45, 2.75) is 33.1 Å². The van der Waals surface area contributed by atoms with E-state index < -0.39 is 0 Å². The number of halogens is 1. The monoisotopic (exact) mass is 503 g/mol. The van der Waals surface area contributed by atoms with E-state index in [0.717, 1.165) is 23.1 Å². The number of aromatic nitrogens is 1. The predicted molar refractivity (Wildman–Crippen MR) is 138 cm³/mol. The number of nitrogens with zero attached hydrogens (tertiary/aromatic N) is 1. The standard InChI is InChI=1S/C29H26FNO4S/c1-3-12-34-29(33)28-16-22(18-36-28)27-17-25(10-11-31-27)35-24-7-5-20(6-8-24)14-23(32)15-21-13-19(2)4-9-26(21)30/h4-11,13,16-18H,3,12,14-15H2,1-2H3. The molecule has 184 valence electrons. The highest BCUT2D eigenvalue weighted by Crippen LogP contribution is 2.29. The summed E-state index contributed by atoms with van der Waals surface area (Å²) < 4.78 is 25.1. The second-order valence-corrected chi connectivity index (χ2v) is 9.36. The van der Waals surface area contributed by atoms with Gasteiger partial charge in [-0.2, -0.15) is 0 Å². The maximum absolute atomic E-state index is 14.0. The van der Waals surface area contributed by atoms with Crippen molar-refractivity contribution in [1.29, 1.82) is 0 Å². The Morgan fingerprint density at radius 3 is 2.56 bits per heavy atom. The molecule has 0 spiro atoms. The van der Waals surface area contributed by atoms with E-state index in [1.165, 1.54) is 17.4 Å². The van der Waals surface area contributed by atoms with E-state index in [0.29, 0.717) is 34.2 Å². The highest BCUT2D eigenvalue weighted by atomic mass is 32.1. The third kappa shape index (κ3) is 6.64. The number of carbonyl (C=O) groups is 2. The molecule has 0 saturated heterocycles. The maximum Gasteiger partial charge on any atom is 0.348 e. The molecule has 7 heteroatoms. The van der Waals surface area contributed by atoms with Crippen LogP contribution in [0.2, 0.25) is 0 Å². The van der Waals surface area contributed by atoms with Gasteiger partial charge in [-0.15, -0.1) is 11.3 Å². The Hall–Kier alpha value is -3.84. The van der Waals surface area contributed by atoms with Crippen LogP contribution in [-0.4, -0.2) is 23.3 Å². The van der Waals surface area contributed by atoms with E-state index in [9.17, 15) is 14.0 Å². The van der Waals surface area contributed by atoms with Crippen molar-refractivity contribution in [1.82, 2.24) is 4.98 Å². The van der Waals surface area contributed by atoms with Crippen LogP contribution in [0, 0.1) is 12.7 Å². The van der Waals surface area contributed by atoms with Crippen molar-refractivity contribution >= 4 is 23.1 Å². The van der Waals surface area contributed by atoms with Crippen LogP contribution < -0.4 is 4.74 Å². The zero-order chi connectivity index (χ0) is 25.5. The van der Waals surface area contributed by atoms with Crippen LogP contribution in [0.1, 0.15) is 39.7 Å². The lowest BCUT2D eigenvalue weighted by atomic mass is 10.0. The number of rotatable bonds is 10. The van der Waals surface area contributed by atoms with Gasteiger partial charge in [0.1, 0.15) is 28.0 Å². The van der Waals surface area contributed by atoms with Gasteiger partial charge >= 0.3 is 5.97 Å². The number of Topliss-reactive ketones (excluding diaryl/α,β-unsaturated/α-hetero) is 1. The van der Waals surface area contributed by atoms with Crippen molar-refractivity contribution < 1.29 is 23.5 Å². The second-order valence-electron chi connectivity index (χ2n) is 8.45. The molecule has 36 heavy (non-hydrogen) atoms. The number of carbonyl (C=O) groups excluding carboxylic acids is 2. The number of ketones is 1. The second kappa shape index (κ2) is 11.7. The number of hydrogen-bond acceptors (Lipinski definition) is 6. The molecular formula is C29H26FNO4S. The highest BCUT2D eigenvalue weighted by Gasteiger charge is 2.13. The molecule has 0 unspecified atom stereocenters. The molecule has 2 aromatic carbocycles. The Morgan fingerprint density at radius 1 is 0.972 bits per heavy atom. The van der Waals surface area contributed by atoms with E-state index in [1.807, 2.05) is 31.4 Å². The first-order valence-electron chi connectivity index (χ1n) is 11.7. The van der Waals surface area contributed by atoms with Crippen LogP contribution in [0.4, 0.5) is 4.39 Å². The average molecular weight is 504 g/mol. The fourth-order valence-electron chi connectivity index (χ4n) is 3.63. The maximum atomic E-state index is 14.0. The molecule has 0 bridgehead atoms. The lowest BCUT2D eigenvalue weighted by Gasteiger charge is -2.08. The lowest BCUT2D eigenvalue weighted by Crippen LogP contribution is -2.08. The van der Waals surface area contributed by atoms with Gasteiger partial charge in [0.2, 0.25) is 0 Å². The molecule has 0 N–H and O–H groups in total. The average Bonchev–Trinajstić information content (AvgIpc) is 3.37. The van der Waals surface area contributed by atoms with Gasteiger partial charge in [0.15, 0.2) is 0 Å². The van der Waals surface area contributed by atoms with Crippen LogP contribution in [0.5, 0.6) is 11.5 Å². The van der Waals surface area contributed by atoms with Crippen molar-refractivity contribution in [3.05, 3.63) is 99.6 Å². The molecule has 0 aliphatic heterocycles. The number of thiophene rings is 1. The predicted octanol–water partition coefficient (Wildman–Crippen LogP) is 6.97. The molecule has 0 radical (unpaired) electrons. The Labute approximate surface area is 213 Å². The number of aryl methyl sites for hydroxylation is 1. The molecule has 2 heterocycles. The Bertz CT molecular complexity index is 1360. The zero-order valence-electron chi connectivity index (χ0n) is 20.1. The van der Waals surface area contributed by atoms with Gasteiger partial charge in [0, 0.05) is 36.0 Å². The summed E-state index contributed by atoms with van der Waals surface area (Å²) >= 11 is 1.32. The molecule has 0 fully saturated rings. The normalized spacial score (nSPS) is 10.8. The topological polar surface area (TPSA) is 65.5 Å². The van der Waals surface area contributed by atoms with Crippen molar-refractivity contribution in [3.8, 4) is 22.8 Å². The summed E-state index contributed by atoms with van der Waals surface area (Å²) in [5, 5.41) is 1.86. The highest BCUT2D eigenvalue weighted by molar-refractivity contribution is 7.12. The molecule has 4 rings (SSSR count). The fraction of sp³-hybridized carbons (Fsp3) is 0.207. The van der Waals surface area contributed by atoms with Crippen LogP contribution in [0.15, 0.2) is 72.2 Å². The first kappa shape index (κ1) is 25.3. The summed E-state index contributed by atoms with van der Waals surface area (Å²) in [7, 11) is 0. The quantitative estimate of drug-likeness (QED) is 0.219. The van der Waals surface area contributed by atoms with Gasteiger partial charge in [0.05, 0.1) is 12.3 Å². The summed E-state index contributed by atoms with van der Waals surface area (Å²) in [4.78, 5) is 29.5. The van der Waals surface area contributed by atoms with E-state index in [2.05, 4.69) is 4.98 Å². The minimum atomic E-state index is -0.357. The third-order valence-corrected chi connectivity index (χ3v) is 6.32. The molecule has 0 saturated carbocycles. The fourth-order valence-corrected chi connectivity index (χ4v) is 4.42. The van der Waals surface area contributed by atoms with E-state index in [1.54, 1.807) is 48.7 Å². The molecule has 2 aromatic heterocycles. The van der Waals surface area contributed by atoms with Crippen LogP contribution in [0.25, 0.3) is 11.3 Å². The van der Waals surface area contributed by atoms with Crippen LogP contribution in [-0.2, 0) is 22.4 Å². The number of pyridine rings is 1. The first-order chi connectivity index (χ1) is 17.4. The van der Waals surface area contributed by atoms with Gasteiger partial charge in [-0.1, -0.05) is 36.8 Å². The number of hydrogen-bond donors (Lipinski definition) is 0. The minimum Gasteiger partial charge on any atom is -0.462 e.